The van der Waals surface area contributed by atoms with Crippen LogP contribution in [-0.2, 0) is 15.8 Å². The van der Waals surface area contributed by atoms with Gasteiger partial charge in [0.2, 0.25) is 11.7 Å². The molecule has 2 amide bonds. The lowest BCUT2D eigenvalue weighted by Crippen LogP contribution is -2.50. The molecule has 0 bridgehead atoms. The number of pyridine rings is 1. The fraction of sp³-hybridized carbons (Fsp3) is 0.607. The van der Waals surface area contributed by atoms with Crippen LogP contribution in [0.5, 0.6) is 0 Å². The molecule has 3 fully saturated rings. The summed E-state index contributed by atoms with van der Waals surface area (Å²) in [7, 11) is 0. The summed E-state index contributed by atoms with van der Waals surface area (Å²) in [5.41, 5.74) is -0.619. The molecule has 2 aromatic heterocycles. The van der Waals surface area contributed by atoms with Crippen LogP contribution in [0.25, 0.3) is 0 Å². The smallest absolute Gasteiger partial charge is 0.437 e. The highest BCUT2D eigenvalue weighted by atomic mass is 19.4. The van der Waals surface area contributed by atoms with Gasteiger partial charge >= 0.3 is 12.1 Å². The largest absolute Gasteiger partial charge is 0.481 e. The average molecular weight is 593 g/mol. The van der Waals surface area contributed by atoms with Gasteiger partial charge in [0.1, 0.15) is 5.82 Å². The van der Waals surface area contributed by atoms with Gasteiger partial charge in [-0.3, -0.25) is 14.4 Å². The number of oxazole rings is 1. The molecular weight excluding hydrogens is 557 g/mol. The zero-order chi connectivity index (χ0) is 30.0. The summed E-state index contributed by atoms with van der Waals surface area (Å²) in [6.07, 6.45) is 0.627. The Hall–Kier alpha value is -3.84. The monoisotopic (exact) mass is 592 g/mol. The molecule has 2 aromatic rings. The van der Waals surface area contributed by atoms with Crippen molar-refractivity contribution in [3.63, 3.8) is 0 Å². The van der Waals surface area contributed by atoms with Gasteiger partial charge in [0.25, 0.3) is 11.9 Å². The molecular formula is C28H35F3N6O5. The number of piperidine rings is 1. The van der Waals surface area contributed by atoms with E-state index in [1.165, 1.54) is 12.3 Å². The van der Waals surface area contributed by atoms with Gasteiger partial charge in [-0.2, -0.15) is 18.2 Å². The minimum Gasteiger partial charge on any atom is -0.481 e. The van der Waals surface area contributed by atoms with Gasteiger partial charge in [0.05, 0.1) is 17.8 Å². The maximum Gasteiger partial charge on any atom is 0.437 e. The second kappa shape index (κ2) is 12.2. The van der Waals surface area contributed by atoms with E-state index in [2.05, 4.69) is 15.3 Å². The molecule has 42 heavy (non-hydrogen) atoms. The lowest BCUT2D eigenvalue weighted by molar-refractivity contribution is -0.145. The molecule has 2 saturated heterocycles. The van der Waals surface area contributed by atoms with Crippen molar-refractivity contribution < 1.29 is 37.1 Å². The maximum atomic E-state index is 13.7. The van der Waals surface area contributed by atoms with Crippen LogP contribution in [0, 0.1) is 17.8 Å². The Kier molecular flexibility index (Phi) is 8.60. The van der Waals surface area contributed by atoms with Gasteiger partial charge in [-0.1, -0.05) is 6.92 Å². The van der Waals surface area contributed by atoms with Crippen LogP contribution in [0.4, 0.5) is 30.7 Å². The van der Waals surface area contributed by atoms with Crippen LogP contribution in [0.3, 0.4) is 0 Å². The maximum absolute atomic E-state index is 13.7. The van der Waals surface area contributed by atoms with Crippen molar-refractivity contribution in [2.24, 2.45) is 17.8 Å². The van der Waals surface area contributed by atoms with Crippen LogP contribution in [-0.4, -0.2) is 77.0 Å². The number of carboxylic acid groups (broad SMARTS) is 1. The van der Waals surface area contributed by atoms with E-state index in [0.29, 0.717) is 65.0 Å². The summed E-state index contributed by atoms with van der Waals surface area (Å²) in [5.74, 6) is -2.89. The van der Waals surface area contributed by atoms with Crippen molar-refractivity contribution in [2.75, 3.05) is 54.4 Å². The van der Waals surface area contributed by atoms with Gasteiger partial charge in [0.15, 0.2) is 5.69 Å². The molecule has 0 radical (unpaired) electrons. The van der Waals surface area contributed by atoms with E-state index in [9.17, 15) is 32.7 Å². The number of carbonyl (C=O) groups is 3. The first-order valence-corrected chi connectivity index (χ1v) is 14.4. The summed E-state index contributed by atoms with van der Waals surface area (Å²) >= 11 is 0. The first kappa shape index (κ1) is 29.6. The van der Waals surface area contributed by atoms with E-state index in [1.54, 1.807) is 11.0 Å². The lowest BCUT2D eigenvalue weighted by atomic mass is 9.81. The number of piperazine rings is 1. The number of amides is 2. The Morgan fingerprint density at radius 1 is 0.976 bits per heavy atom. The number of rotatable bonds is 6. The van der Waals surface area contributed by atoms with Gasteiger partial charge in [-0.05, 0) is 56.6 Å². The summed E-state index contributed by atoms with van der Waals surface area (Å²) in [6, 6.07) is 2.99. The molecule has 228 valence electrons. The summed E-state index contributed by atoms with van der Waals surface area (Å²) in [6.45, 7) is 5.16. The van der Waals surface area contributed by atoms with Crippen molar-refractivity contribution in [3.8, 4) is 0 Å². The molecule has 14 heteroatoms. The number of hydrogen-bond donors (Lipinski definition) is 2. The number of nitrogens with one attached hydrogen (secondary N) is 1. The van der Waals surface area contributed by atoms with Crippen LogP contribution < -0.4 is 15.1 Å². The highest BCUT2D eigenvalue weighted by molar-refractivity contribution is 6.02. The number of carbonyl (C=O) groups excluding carboxylic acids is 2. The zero-order valence-corrected chi connectivity index (χ0v) is 23.4. The lowest BCUT2D eigenvalue weighted by Gasteiger charge is -2.38. The Labute approximate surface area is 241 Å². The highest BCUT2D eigenvalue weighted by Gasteiger charge is 2.42. The van der Waals surface area contributed by atoms with Gasteiger partial charge in [-0.25, -0.2) is 4.98 Å². The number of aromatic nitrogens is 2. The Morgan fingerprint density at radius 2 is 1.67 bits per heavy atom. The fourth-order valence-corrected chi connectivity index (χ4v) is 6.00. The molecule has 3 aliphatic rings. The van der Waals surface area contributed by atoms with E-state index < -0.39 is 29.5 Å². The molecule has 1 unspecified atom stereocenters. The number of aliphatic carboxylic acids is 1. The van der Waals surface area contributed by atoms with Crippen LogP contribution in [0.1, 0.15) is 61.7 Å². The number of carboxylic acids is 1. The molecule has 0 spiro atoms. The first-order chi connectivity index (χ1) is 20.0. The van der Waals surface area contributed by atoms with Gasteiger partial charge in [-0.15, -0.1) is 0 Å². The number of hydrogen-bond acceptors (Lipinski definition) is 8. The second-order valence-electron chi connectivity index (χ2n) is 11.4. The molecule has 2 aliphatic heterocycles. The van der Waals surface area contributed by atoms with Crippen LogP contribution in [0.15, 0.2) is 22.7 Å². The normalized spacial score (nSPS) is 23.5. The third kappa shape index (κ3) is 6.62. The number of nitrogens with zero attached hydrogens (tertiary/aromatic N) is 5. The van der Waals surface area contributed by atoms with Gasteiger partial charge < -0.3 is 29.5 Å². The molecule has 0 aromatic carbocycles. The molecule has 1 saturated carbocycles. The van der Waals surface area contributed by atoms with E-state index in [1.807, 2.05) is 16.7 Å². The fourth-order valence-electron chi connectivity index (χ4n) is 6.00. The van der Waals surface area contributed by atoms with E-state index in [-0.39, 0.29) is 35.5 Å². The number of alkyl halides is 3. The number of halogens is 3. The molecule has 11 nitrogen and oxygen atoms in total. The topological polar surface area (TPSA) is 132 Å². The highest BCUT2D eigenvalue weighted by Crippen LogP contribution is 2.35. The Balaban J connectivity index is 1.17. The predicted octanol–water partition coefficient (Wildman–Crippen LogP) is 4.12. The minimum absolute atomic E-state index is 0.0622. The van der Waals surface area contributed by atoms with Crippen LogP contribution >= 0.6 is 0 Å². The first-order valence-electron chi connectivity index (χ1n) is 14.4. The summed E-state index contributed by atoms with van der Waals surface area (Å²) in [5, 5.41) is 11.6. The SMILES string of the molecule is CC1CCCN(c2nc(C(F)(F)F)c(C(=O)Nc3ccc(N4CCN(C(=O)C5CCC(C(=O)O)CC5)CC4)cn3)o2)C1. The van der Waals surface area contributed by atoms with E-state index in [0.717, 1.165) is 18.5 Å². The third-order valence-corrected chi connectivity index (χ3v) is 8.39. The third-order valence-electron chi connectivity index (χ3n) is 8.39. The number of anilines is 3. The Morgan fingerprint density at radius 3 is 2.26 bits per heavy atom. The quantitative estimate of drug-likeness (QED) is 0.509. The molecule has 1 aliphatic carbocycles. The summed E-state index contributed by atoms with van der Waals surface area (Å²) in [4.78, 5) is 50.3. The second-order valence-corrected chi connectivity index (χ2v) is 11.4. The molecule has 4 heterocycles. The zero-order valence-electron chi connectivity index (χ0n) is 23.4. The standard InChI is InChI=1S/C28H35F3N6O5/c1-17-3-2-10-37(16-17)27-34-23(28(29,30)31)22(42-27)24(38)33-21-9-8-20(15-32-21)35-11-13-36(14-12-35)25(39)18-4-6-19(7-5-18)26(40)41/h8-9,15,17-19H,2-7,10-14,16H2,1H3,(H,40,41)(H,32,33,38). The molecule has 2 N–H and O–H groups in total. The van der Waals surface area contributed by atoms with Crippen LogP contribution in [0.2, 0.25) is 0 Å². The predicted molar refractivity (Wildman–Crippen MR) is 146 cm³/mol. The average Bonchev–Trinajstić information content (AvgIpc) is 3.44. The summed E-state index contributed by atoms with van der Waals surface area (Å²) < 4.78 is 46.5. The van der Waals surface area contributed by atoms with E-state index in [4.69, 9.17) is 4.42 Å². The van der Waals surface area contributed by atoms with Crippen molar-refractivity contribution >= 4 is 35.3 Å². The molecule has 1 atom stereocenters. The van der Waals surface area contributed by atoms with Crippen molar-refractivity contribution in [3.05, 3.63) is 29.8 Å². The Bertz CT molecular complexity index is 1280. The molecule has 5 rings (SSSR count). The van der Waals surface area contributed by atoms with Gasteiger partial charge in [0, 0.05) is 45.2 Å². The van der Waals surface area contributed by atoms with Crippen molar-refractivity contribution in [2.45, 2.75) is 51.6 Å². The minimum atomic E-state index is -4.87. The van der Waals surface area contributed by atoms with Crippen molar-refractivity contribution in [1.29, 1.82) is 0 Å². The van der Waals surface area contributed by atoms with E-state index >= 15 is 0 Å². The van der Waals surface area contributed by atoms with Crippen molar-refractivity contribution in [1.82, 2.24) is 14.9 Å².